The second kappa shape index (κ2) is 5.29. The van der Waals surface area contributed by atoms with Crippen molar-refractivity contribution in [3.8, 4) is 0 Å². The number of hydrazine groups is 1. The van der Waals surface area contributed by atoms with Crippen LogP contribution in [0, 0.1) is 5.92 Å². The summed E-state index contributed by atoms with van der Waals surface area (Å²) in [4.78, 5) is 4.24. The molecule has 0 bridgehead atoms. The summed E-state index contributed by atoms with van der Waals surface area (Å²) in [6, 6.07) is 3.67. The second-order valence-corrected chi connectivity index (χ2v) is 3.81. The van der Waals surface area contributed by atoms with Crippen molar-refractivity contribution >= 4 is 11.6 Å². The van der Waals surface area contributed by atoms with Crippen LogP contribution in [0.2, 0.25) is 5.02 Å². The van der Waals surface area contributed by atoms with Crippen molar-refractivity contribution in [2.75, 3.05) is 0 Å². The Bertz CT molecular complexity index is 290. The van der Waals surface area contributed by atoms with Gasteiger partial charge in [0.15, 0.2) is 0 Å². The largest absolute Gasteiger partial charge is 0.271 e. The fraction of sp³-hybridized carbons (Fsp3) is 0.500. The predicted molar refractivity (Wildman–Crippen MR) is 58.8 cm³/mol. The molecular weight excluding hydrogens is 198 g/mol. The van der Waals surface area contributed by atoms with Crippen molar-refractivity contribution in [3.05, 3.63) is 29.0 Å². The first-order valence-corrected chi connectivity index (χ1v) is 5.15. The highest BCUT2D eigenvalue weighted by molar-refractivity contribution is 6.31. The molecule has 0 radical (unpaired) electrons. The van der Waals surface area contributed by atoms with Gasteiger partial charge >= 0.3 is 0 Å². The fourth-order valence-electron chi connectivity index (χ4n) is 1.38. The summed E-state index contributed by atoms with van der Waals surface area (Å²) in [7, 11) is 0. The van der Waals surface area contributed by atoms with Crippen LogP contribution in [0.4, 0.5) is 0 Å². The van der Waals surface area contributed by atoms with Gasteiger partial charge in [0.05, 0.1) is 16.8 Å². The number of nitrogens with one attached hydrogen (secondary N) is 1. The maximum absolute atomic E-state index is 6.04. The van der Waals surface area contributed by atoms with E-state index in [-0.39, 0.29) is 6.04 Å². The van der Waals surface area contributed by atoms with E-state index in [4.69, 9.17) is 17.4 Å². The topological polar surface area (TPSA) is 50.9 Å². The minimum absolute atomic E-state index is 0.0219. The van der Waals surface area contributed by atoms with Gasteiger partial charge in [0.25, 0.3) is 0 Å². The lowest BCUT2D eigenvalue weighted by Crippen LogP contribution is -2.33. The lowest BCUT2D eigenvalue weighted by Gasteiger charge is -2.22. The first-order chi connectivity index (χ1) is 6.70. The number of halogens is 1. The zero-order valence-electron chi connectivity index (χ0n) is 8.50. The van der Waals surface area contributed by atoms with Gasteiger partial charge in [0.2, 0.25) is 0 Å². The average molecular weight is 214 g/mol. The number of aromatic nitrogens is 1. The molecule has 0 aliphatic rings. The molecule has 0 amide bonds. The smallest absolute Gasteiger partial charge is 0.0775 e. The highest BCUT2D eigenvalue weighted by Gasteiger charge is 2.19. The Labute approximate surface area is 89.6 Å². The van der Waals surface area contributed by atoms with Crippen LogP contribution in [0.3, 0.4) is 0 Å². The molecular formula is C10H16ClN3. The monoisotopic (exact) mass is 213 g/mol. The third-order valence-electron chi connectivity index (χ3n) is 2.47. The minimum Gasteiger partial charge on any atom is -0.271 e. The van der Waals surface area contributed by atoms with Gasteiger partial charge in [-0.3, -0.25) is 16.3 Å². The van der Waals surface area contributed by atoms with Crippen molar-refractivity contribution < 1.29 is 0 Å². The zero-order valence-corrected chi connectivity index (χ0v) is 9.25. The normalized spacial score (nSPS) is 15.1. The Hall–Kier alpha value is -0.640. The number of nitrogens with zero attached hydrogens (tertiary/aromatic N) is 1. The molecule has 0 saturated carbocycles. The van der Waals surface area contributed by atoms with Gasteiger partial charge in [-0.15, -0.1) is 0 Å². The quantitative estimate of drug-likeness (QED) is 0.596. The molecule has 0 aromatic carbocycles. The summed E-state index contributed by atoms with van der Waals surface area (Å²) < 4.78 is 0. The molecule has 78 valence electrons. The minimum atomic E-state index is 0.0219. The Balaban J connectivity index is 2.94. The standard InChI is InChI=1S/C10H16ClN3/c1-3-7(2)9(14-12)10-8(11)5-4-6-13-10/h4-7,9,14H,3,12H2,1-2H3. The van der Waals surface area contributed by atoms with Crippen molar-refractivity contribution in [2.45, 2.75) is 26.3 Å². The number of nitrogens with two attached hydrogens (primary N) is 1. The van der Waals surface area contributed by atoms with E-state index in [0.717, 1.165) is 12.1 Å². The molecule has 0 spiro atoms. The third-order valence-corrected chi connectivity index (χ3v) is 2.79. The summed E-state index contributed by atoms with van der Waals surface area (Å²) in [5.41, 5.74) is 3.59. The van der Waals surface area contributed by atoms with Crippen molar-refractivity contribution in [2.24, 2.45) is 11.8 Å². The van der Waals surface area contributed by atoms with Gasteiger partial charge in [0, 0.05) is 6.20 Å². The summed E-state index contributed by atoms with van der Waals surface area (Å²) >= 11 is 6.04. The lowest BCUT2D eigenvalue weighted by atomic mass is 9.96. The molecule has 1 aromatic rings. The predicted octanol–water partition coefficient (Wildman–Crippen LogP) is 2.29. The molecule has 0 saturated heterocycles. The number of hydrogen-bond acceptors (Lipinski definition) is 3. The molecule has 0 aliphatic heterocycles. The average Bonchev–Trinajstić information content (AvgIpc) is 2.21. The Morgan fingerprint density at radius 2 is 2.36 bits per heavy atom. The summed E-state index contributed by atoms with van der Waals surface area (Å²) in [6.45, 7) is 4.24. The van der Waals surface area contributed by atoms with Crippen LogP contribution in [0.25, 0.3) is 0 Å². The van der Waals surface area contributed by atoms with Crippen LogP contribution >= 0.6 is 11.6 Å². The van der Waals surface area contributed by atoms with E-state index in [9.17, 15) is 0 Å². The van der Waals surface area contributed by atoms with E-state index in [0.29, 0.717) is 10.9 Å². The molecule has 1 heterocycles. The highest BCUT2D eigenvalue weighted by atomic mass is 35.5. The molecule has 1 rings (SSSR count). The van der Waals surface area contributed by atoms with E-state index in [1.54, 1.807) is 6.20 Å². The van der Waals surface area contributed by atoms with E-state index < -0.39 is 0 Å². The van der Waals surface area contributed by atoms with Crippen LogP contribution in [0.5, 0.6) is 0 Å². The number of rotatable bonds is 4. The molecule has 0 aliphatic carbocycles. The third kappa shape index (κ3) is 2.44. The summed E-state index contributed by atoms with van der Waals surface area (Å²) in [5, 5.41) is 0.663. The zero-order chi connectivity index (χ0) is 10.6. The van der Waals surface area contributed by atoms with Crippen molar-refractivity contribution in [1.82, 2.24) is 10.4 Å². The SMILES string of the molecule is CCC(C)C(NN)c1ncccc1Cl. The molecule has 2 unspecified atom stereocenters. The van der Waals surface area contributed by atoms with Crippen LogP contribution in [-0.2, 0) is 0 Å². The van der Waals surface area contributed by atoms with Gasteiger partial charge < -0.3 is 0 Å². The molecule has 14 heavy (non-hydrogen) atoms. The molecule has 3 nitrogen and oxygen atoms in total. The fourth-order valence-corrected chi connectivity index (χ4v) is 1.61. The van der Waals surface area contributed by atoms with Gasteiger partial charge in [-0.1, -0.05) is 31.9 Å². The summed E-state index contributed by atoms with van der Waals surface area (Å²) in [5.74, 6) is 5.91. The van der Waals surface area contributed by atoms with Crippen molar-refractivity contribution in [1.29, 1.82) is 0 Å². The van der Waals surface area contributed by atoms with Gasteiger partial charge in [-0.25, -0.2) is 0 Å². The Morgan fingerprint density at radius 3 is 2.86 bits per heavy atom. The maximum atomic E-state index is 6.04. The lowest BCUT2D eigenvalue weighted by molar-refractivity contribution is 0.375. The van der Waals surface area contributed by atoms with Crippen molar-refractivity contribution in [3.63, 3.8) is 0 Å². The van der Waals surface area contributed by atoms with Crippen LogP contribution in [-0.4, -0.2) is 4.98 Å². The van der Waals surface area contributed by atoms with Crippen LogP contribution < -0.4 is 11.3 Å². The molecule has 2 atom stereocenters. The van der Waals surface area contributed by atoms with Crippen LogP contribution in [0.1, 0.15) is 32.0 Å². The maximum Gasteiger partial charge on any atom is 0.0775 e. The first kappa shape index (κ1) is 11.4. The Morgan fingerprint density at radius 1 is 1.64 bits per heavy atom. The molecule has 3 N–H and O–H groups in total. The summed E-state index contributed by atoms with van der Waals surface area (Å²) in [6.07, 6.45) is 2.76. The van der Waals surface area contributed by atoms with Gasteiger partial charge in [-0.05, 0) is 18.1 Å². The molecule has 4 heteroatoms. The number of pyridine rings is 1. The second-order valence-electron chi connectivity index (χ2n) is 3.40. The highest BCUT2D eigenvalue weighted by Crippen LogP contribution is 2.26. The molecule has 1 aromatic heterocycles. The van der Waals surface area contributed by atoms with E-state index in [1.165, 1.54) is 0 Å². The first-order valence-electron chi connectivity index (χ1n) is 4.77. The van der Waals surface area contributed by atoms with E-state index in [1.807, 2.05) is 12.1 Å². The van der Waals surface area contributed by atoms with E-state index in [2.05, 4.69) is 24.3 Å². The van der Waals surface area contributed by atoms with Gasteiger partial charge in [-0.2, -0.15) is 0 Å². The van der Waals surface area contributed by atoms with Crippen LogP contribution in [0.15, 0.2) is 18.3 Å². The van der Waals surface area contributed by atoms with E-state index >= 15 is 0 Å². The molecule has 0 fully saturated rings. The number of hydrogen-bond donors (Lipinski definition) is 2. The Kier molecular flexibility index (Phi) is 4.32. The van der Waals surface area contributed by atoms with Gasteiger partial charge in [0.1, 0.15) is 0 Å².